The van der Waals surface area contributed by atoms with Gasteiger partial charge in [0.25, 0.3) is 0 Å². The fourth-order valence-corrected chi connectivity index (χ4v) is 6.27. The summed E-state index contributed by atoms with van der Waals surface area (Å²) in [7, 11) is -1.59. The van der Waals surface area contributed by atoms with E-state index in [4.69, 9.17) is 4.74 Å². The first-order chi connectivity index (χ1) is 13.3. The number of carbonyl (C=O) groups excluding carboxylic acids is 1. The topological polar surface area (TPSA) is 66.9 Å². The standard InChI is InChI=1S/C21H24N2O4S/c1-14-7-15(2)9-17(8-14)23-20-13-28(25,26)12-19(20)22(21(23)24)11-16-5-4-6-18(10-16)27-3/h4-10,19-20H,11-13H2,1-3H3/t19-,20+/m0/s1. The summed E-state index contributed by atoms with van der Waals surface area (Å²) >= 11 is 0. The summed E-state index contributed by atoms with van der Waals surface area (Å²) in [4.78, 5) is 16.7. The minimum atomic E-state index is -3.19. The maximum Gasteiger partial charge on any atom is 0.325 e. The summed E-state index contributed by atoms with van der Waals surface area (Å²) in [5, 5.41) is 0. The lowest BCUT2D eigenvalue weighted by molar-refractivity contribution is 0.206. The number of fused-ring (bicyclic) bond motifs is 1. The summed E-state index contributed by atoms with van der Waals surface area (Å²) in [5.41, 5.74) is 3.78. The van der Waals surface area contributed by atoms with Gasteiger partial charge in [-0.15, -0.1) is 0 Å². The highest BCUT2D eigenvalue weighted by Crippen LogP contribution is 2.36. The molecule has 0 aromatic heterocycles. The maximum atomic E-state index is 13.3. The average molecular weight is 401 g/mol. The molecule has 2 fully saturated rings. The summed E-state index contributed by atoms with van der Waals surface area (Å²) in [5.74, 6) is 0.727. The van der Waals surface area contributed by atoms with Gasteiger partial charge in [0, 0.05) is 12.2 Å². The number of nitrogens with zero attached hydrogens (tertiary/aromatic N) is 2. The largest absolute Gasteiger partial charge is 0.497 e. The molecule has 2 aromatic rings. The monoisotopic (exact) mass is 400 g/mol. The van der Waals surface area contributed by atoms with E-state index in [1.165, 1.54) is 0 Å². The van der Waals surface area contributed by atoms with Gasteiger partial charge in [0.1, 0.15) is 5.75 Å². The number of carbonyl (C=O) groups is 1. The number of hydrogen-bond donors (Lipinski definition) is 0. The van der Waals surface area contributed by atoms with Crippen LogP contribution < -0.4 is 9.64 Å². The lowest BCUT2D eigenvalue weighted by Crippen LogP contribution is -2.37. The second-order valence-corrected chi connectivity index (χ2v) is 9.84. The van der Waals surface area contributed by atoms with Gasteiger partial charge in [-0.05, 0) is 54.8 Å². The Morgan fingerprint density at radius 3 is 2.39 bits per heavy atom. The van der Waals surface area contributed by atoms with Gasteiger partial charge in [-0.3, -0.25) is 4.90 Å². The van der Waals surface area contributed by atoms with E-state index in [0.29, 0.717) is 12.3 Å². The molecule has 148 valence electrons. The van der Waals surface area contributed by atoms with Crippen molar-refractivity contribution in [2.45, 2.75) is 32.5 Å². The van der Waals surface area contributed by atoms with E-state index in [9.17, 15) is 13.2 Å². The lowest BCUT2D eigenvalue weighted by Gasteiger charge is -2.23. The van der Waals surface area contributed by atoms with Gasteiger partial charge in [0.15, 0.2) is 9.84 Å². The second kappa shape index (κ2) is 6.81. The zero-order valence-electron chi connectivity index (χ0n) is 16.3. The number of aryl methyl sites for hydroxylation is 2. The predicted octanol–water partition coefficient (Wildman–Crippen LogP) is 2.92. The molecule has 2 aliphatic heterocycles. The van der Waals surface area contributed by atoms with Gasteiger partial charge in [0.2, 0.25) is 0 Å². The first kappa shape index (κ1) is 18.8. The quantitative estimate of drug-likeness (QED) is 0.740. The van der Waals surface area contributed by atoms with Crippen molar-refractivity contribution in [2.75, 3.05) is 23.5 Å². The van der Waals surface area contributed by atoms with Crippen molar-refractivity contribution in [1.82, 2.24) is 4.90 Å². The van der Waals surface area contributed by atoms with Gasteiger partial charge in [0.05, 0.1) is 30.7 Å². The summed E-state index contributed by atoms with van der Waals surface area (Å²) in [6, 6.07) is 12.6. The number of urea groups is 1. The maximum absolute atomic E-state index is 13.3. The van der Waals surface area contributed by atoms with Crippen LogP contribution in [0, 0.1) is 13.8 Å². The molecule has 2 amide bonds. The van der Waals surface area contributed by atoms with Crippen molar-refractivity contribution in [2.24, 2.45) is 0 Å². The third-order valence-electron chi connectivity index (χ3n) is 5.45. The summed E-state index contributed by atoms with van der Waals surface area (Å²) in [6.45, 7) is 4.32. The lowest BCUT2D eigenvalue weighted by atomic mass is 10.1. The SMILES string of the molecule is COc1cccc(CN2C(=O)N(c3cc(C)cc(C)c3)[C@@H]3CS(=O)(=O)C[C@@H]32)c1. The number of amides is 2. The molecule has 6 nitrogen and oxygen atoms in total. The minimum Gasteiger partial charge on any atom is -0.497 e. The predicted molar refractivity (Wildman–Crippen MR) is 109 cm³/mol. The Balaban J connectivity index is 1.72. The van der Waals surface area contributed by atoms with E-state index < -0.39 is 9.84 Å². The molecule has 0 spiro atoms. The zero-order chi connectivity index (χ0) is 20.1. The summed E-state index contributed by atoms with van der Waals surface area (Å²) < 4.78 is 30.0. The Bertz CT molecular complexity index is 1010. The first-order valence-electron chi connectivity index (χ1n) is 9.29. The first-order valence-corrected chi connectivity index (χ1v) is 11.1. The smallest absolute Gasteiger partial charge is 0.325 e. The highest BCUT2D eigenvalue weighted by atomic mass is 32.2. The Hall–Kier alpha value is -2.54. The van der Waals surface area contributed by atoms with Crippen molar-refractivity contribution < 1.29 is 17.9 Å². The molecule has 0 radical (unpaired) electrons. The van der Waals surface area contributed by atoms with Crippen LogP contribution in [0.25, 0.3) is 0 Å². The molecule has 4 rings (SSSR count). The Kier molecular flexibility index (Phi) is 4.57. The number of hydrogen-bond acceptors (Lipinski definition) is 4. The molecule has 2 aliphatic rings. The number of anilines is 1. The van der Waals surface area contributed by atoms with Crippen molar-refractivity contribution in [3.8, 4) is 5.75 Å². The van der Waals surface area contributed by atoms with E-state index in [1.54, 1.807) is 16.9 Å². The molecule has 2 aromatic carbocycles. The van der Waals surface area contributed by atoms with Crippen LogP contribution in [0.1, 0.15) is 16.7 Å². The van der Waals surface area contributed by atoms with Crippen molar-refractivity contribution in [3.05, 3.63) is 59.2 Å². The molecule has 0 bridgehead atoms. The number of methoxy groups -OCH3 is 1. The molecule has 2 atom stereocenters. The Morgan fingerprint density at radius 2 is 1.71 bits per heavy atom. The van der Waals surface area contributed by atoms with Crippen molar-refractivity contribution in [3.63, 3.8) is 0 Å². The van der Waals surface area contributed by atoms with Gasteiger partial charge < -0.3 is 9.64 Å². The molecule has 0 N–H and O–H groups in total. The van der Waals surface area contributed by atoms with Crippen LogP contribution in [0.5, 0.6) is 5.75 Å². The van der Waals surface area contributed by atoms with E-state index in [-0.39, 0.29) is 29.6 Å². The van der Waals surface area contributed by atoms with Gasteiger partial charge in [-0.1, -0.05) is 18.2 Å². The fourth-order valence-electron chi connectivity index (χ4n) is 4.32. The highest BCUT2D eigenvalue weighted by molar-refractivity contribution is 7.91. The molecule has 2 saturated heterocycles. The average Bonchev–Trinajstić information content (AvgIpc) is 3.05. The van der Waals surface area contributed by atoms with E-state index >= 15 is 0 Å². The van der Waals surface area contributed by atoms with Crippen LogP contribution in [0.15, 0.2) is 42.5 Å². The fraction of sp³-hybridized carbons (Fsp3) is 0.381. The van der Waals surface area contributed by atoms with Crippen molar-refractivity contribution >= 4 is 21.6 Å². The molecule has 0 aliphatic carbocycles. The normalized spacial score (nSPS) is 23.2. The zero-order valence-corrected chi connectivity index (χ0v) is 17.1. The molecule has 7 heteroatoms. The van der Waals surface area contributed by atoms with Gasteiger partial charge in [-0.2, -0.15) is 0 Å². The van der Waals surface area contributed by atoms with E-state index in [0.717, 1.165) is 22.4 Å². The van der Waals surface area contributed by atoms with Gasteiger partial charge in [-0.25, -0.2) is 13.2 Å². The van der Waals surface area contributed by atoms with Crippen LogP contribution in [0.2, 0.25) is 0 Å². The Morgan fingerprint density at radius 1 is 1.04 bits per heavy atom. The van der Waals surface area contributed by atoms with Crippen molar-refractivity contribution in [1.29, 1.82) is 0 Å². The van der Waals surface area contributed by atoms with E-state index in [2.05, 4.69) is 0 Å². The molecule has 2 heterocycles. The number of rotatable bonds is 4. The van der Waals surface area contributed by atoms with Crippen LogP contribution in [0.3, 0.4) is 0 Å². The number of benzene rings is 2. The van der Waals surface area contributed by atoms with Gasteiger partial charge >= 0.3 is 6.03 Å². The van der Waals surface area contributed by atoms with Crippen LogP contribution >= 0.6 is 0 Å². The molecule has 0 unspecified atom stereocenters. The number of ether oxygens (including phenoxy) is 1. The van der Waals surface area contributed by atoms with Crippen LogP contribution in [0.4, 0.5) is 10.5 Å². The summed E-state index contributed by atoms with van der Waals surface area (Å²) in [6.07, 6.45) is 0. The second-order valence-electron chi connectivity index (χ2n) is 7.69. The molecule has 28 heavy (non-hydrogen) atoms. The third-order valence-corrected chi connectivity index (χ3v) is 7.15. The number of sulfone groups is 1. The highest BCUT2D eigenvalue weighted by Gasteiger charge is 2.53. The van der Waals surface area contributed by atoms with Crippen LogP contribution in [-0.4, -0.2) is 50.0 Å². The Labute approximate surface area is 165 Å². The van der Waals surface area contributed by atoms with E-state index in [1.807, 2.05) is 56.3 Å². The minimum absolute atomic E-state index is 0.00497. The molecule has 0 saturated carbocycles. The molecular weight excluding hydrogens is 376 g/mol. The van der Waals surface area contributed by atoms with Crippen LogP contribution in [-0.2, 0) is 16.4 Å². The molecular formula is C21H24N2O4S. The third kappa shape index (κ3) is 3.35.